The van der Waals surface area contributed by atoms with Gasteiger partial charge in [-0.15, -0.1) is 0 Å². The summed E-state index contributed by atoms with van der Waals surface area (Å²) < 4.78 is 0. The van der Waals surface area contributed by atoms with Crippen LogP contribution in [0.2, 0.25) is 0 Å². The summed E-state index contributed by atoms with van der Waals surface area (Å²) in [5, 5.41) is 21.3. The maximum absolute atomic E-state index is 9.13. The molecule has 1 atom stereocenters. The van der Waals surface area contributed by atoms with E-state index < -0.39 is 0 Å². The van der Waals surface area contributed by atoms with Crippen LogP contribution in [0.4, 0.5) is 0 Å². The van der Waals surface area contributed by atoms with Gasteiger partial charge in [0.15, 0.2) is 0 Å². The molecule has 2 N–H and O–H groups in total. The highest BCUT2D eigenvalue weighted by Gasteiger charge is 2.67. The van der Waals surface area contributed by atoms with E-state index in [4.69, 9.17) is 10.4 Å². The van der Waals surface area contributed by atoms with Crippen molar-refractivity contribution in [3.63, 3.8) is 0 Å². The predicted octanol–water partition coefficient (Wildman–Crippen LogP) is 0.262. The van der Waals surface area contributed by atoms with E-state index in [0.717, 1.165) is 32.4 Å². The molecule has 1 heterocycles. The van der Waals surface area contributed by atoms with Crippen LogP contribution in [0, 0.1) is 22.2 Å². The highest BCUT2D eigenvalue weighted by atomic mass is 16.3. The molecular weight excluding hydrogens is 152 g/mol. The third-order valence-electron chi connectivity index (χ3n) is 3.57. The number of rotatable bonds is 1. The first-order valence-corrected chi connectivity index (χ1v) is 4.51. The van der Waals surface area contributed by atoms with Crippen molar-refractivity contribution >= 4 is 0 Å². The molecule has 12 heavy (non-hydrogen) atoms. The van der Waals surface area contributed by atoms with Crippen molar-refractivity contribution in [2.75, 3.05) is 19.7 Å². The third kappa shape index (κ3) is 0.825. The van der Waals surface area contributed by atoms with Gasteiger partial charge in [0.2, 0.25) is 0 Å². The minimum atomic E-state index is -0.380. The van der Waals surface area contributed by atoms with Crippen molar-refractivity contribution < 1.29 is 5.11 Å². The highest BCUT2D eigenvalue weighted by molar-refractivity contribution is 5.25. The fourth-order valence-corrected chi connectivity index (χ4v) is 2.51. The summed E-state index contributed by atoms with van der Waals surface area (Å²) in [6.45, 7) is 2.05. The molecule has 1 aliphatic carbocycles. The number of hydrogen-bond acceptors (Lipinski definition) is 3. The lowest BCUT2D eigenvalue weighted by atomic mass is 9.86. The lowest BCUT2D eigenvalue weighted by Gasteiger charge is -2.25. The molecule has 0 aromatic carbocycles. The maximum Gasteiger partial charge on any atom is 0.0867 e. The van der Waals surface area contributed by atoms with Crippen LogP contribution < -0.4 is 5.32 Å². The van der Waals surface area contributed by atoms with Crippen molar-refractivity contribution in [3.05, 3.63) is 0 Å². The van der Waals surface area contributed by atoms with Crippen molar-refractivity contribution in [1.82, 2.24) is 5.32 Å². The van der Waals surface area contributed by atoms with E-state index in [1.807, 2.05) is 0 Å². The Morgan fingerprint density at radius 3 is 2.50 bits per heavy atom. The first-order chi connectivity index (χ1) is 5.79. The van der Waals surface area contributed by atoms with Crippen LogP contribution >= 0.6 is 0 Å². The zero-order valence-electron chi connectivity index (χ0n) is 7.14. The zero-order valence-corrected chi connectivity index (χ0v) is 7.14. The van der Waals surface area contributed by atoms with Gasteiger partial charge in [-0.2, -0.15) is 5.26 Å². The van der Waals surface area contributed by atoms with Gasteiger partial charge in [0, 0.05) is 0 Å². The van der Waals surface area contributed by atoms with Gasteiger partial charge in [0.1, 0.15) is 0 Å². The molecular formula is C9H14N2O. The molecule has 1 aliphatic heterocycles. The molecule has 1 saturated carbocycles. The van der Waals surface area contributed by atoms with E-state index in [1.165, 1.54) is 0 Å². The van der Waals surface area contributed by atoms with Crippen molar-refractivity contribution in [1.29, 1.82) is 5.26 Å². The van der Waals surface area contributed by atoms with Gasteiger partial charge in [0.25, 0.3) is 0 Å². The molecule has 66 valence electrons. The topological polar surface area (TPSA) is 56.0 Å². The molecule has 1 unspecified atom stereocenters. The smallest absolute Gasteiger partial charge is 0.0867 e. The molecule has 0 amide bonds. The van der Waals surface area contributed by atoms with Crippen molar-refractivity contribution in [2.24, 2.45) is 10.8 Å². The lowest BCUT2D eigenvalue weighted by molar-refractivity contribution is 0.188. The average Bonchev–Trinajstić information content (AvgIpc) is 2.75. The van der Waals surface area contributed by atoms with Crippen LogP contribution in [0.3, 0.4) is 0 Å². The number of hydrogen-bond donors (Lipinski definition) is 2. The number of nitriles is 1. The first-order valence-electron chi connectivity index (χ1n) is 4.51. The summed E-state index contributed by atoms with van der Waals surface area (Å²) in [6, 6.07) is 2.28. The normalized spacial score (nSPS) is 37.7. The van der Waals surface area contributed by atoms with Gasteiger partial charge in [-0.25, -0.2) is 0 Å². The minimum absolute atomic E-state index is 0.0451. The standard InChI is InChI=1S/C9H14N2O/c10-6-9(7-12)5-8(9)1-3-11-4-2-8/h11-12H,1-5,7H2. The average molecular weight is 166 g/mol. The van der Waals surface area contributed by atoms with E-state index in [-0.39, 0.29) is 17.4 Å². The summed E-state index contributed by atoms with van der Waals surface area (Å²) in [5.74, 6) is 0. The minimum Gasteiger partial charge on any atom is -0.395 e. The monoisotopic (exact) mass is 166 g/mol. The molecule has 2 rings (SSSR count). The fraction of sp³-hybridized carbons (Fsp3) is 0.889. The van der Waals surface area contributed by atoms with E-state index in [2.05, 4.69) is 11.4 Å². The highest BCUT2D eigenvalue weighted by Crippen LogP contribution is 2.67. The second-order valence-electron chi connectivity index (χ2n) is 4.06. The molecule has 2 fully saturated rings. The molecule has 1 saturated heterocycles. The van der Waals surface area contributed by atoms with Crippen LogP contribution in [-0.2, 0) is 0 Å². The Balaban J connectivity index is 2.12. The van der Waals surface area contributed by atoms with Gasteiger partial charge in [0.05, 0.1) is 18.1 Å². The summed E-state index contributed by atoms with van der Waals surface area (Å²) in [4.78, 5) is 0. The molecule has 3 heteroatoms. The van der Waals surface area contributed by atoms with E-state index in [9.17, 15) is 0 Å². The lowest BCUT2D eigenvalue weighted by Crippen LogP contribution is -2.32. The Morgan fingerprint density at radius 2 is 2.08 bits per heavy atom. The number of piperidine rings is 1. The third-order valence-corrected chi connectivity index (χ3v) is 3.57. The van der Waals surface area contributed by atoms with Gasteiger partial charge >= 0.3 is 0 Å². The molecule has 3 nitrogen and oxygen atoms in total. The first kappa shape index (κ1) is 8.03. The summed E-state index contributed by atoms with van der Waals surface area (Å²) in [6.07, 6.45) is 3.02. The number of aliphatic hydroxyl groups excluding tert-OH is 1. The number of nitrogens with one attached hydrogen (secondary N) is 1. The Kier molecular flexibility index (Phi) is 1.64. The van der Waals surface area contributed by atoms with E-state index in [0.29, 0.717) is 0 Å². The van der Waals surface area contributed by atoms with Crippen LogP contribution in [0.1, 0.15) is 19.3 Å². The van der Waals surface area contributed by atoms with Crippen LogP contribution in [0.5, 0.6) is 0 Å². The van der Waals surface area contributed by atoms with E-state index >= 15 is 0 Å². The fourth-order valence-electron chi connectivity index (χ4n) is 2.51. The van der Waals surface area contributed by atoms with Gasteiger partial charge in [-0.05, 0) is 37.8 Å². The second kappa shape index (κ2) is 2.45. The van der Waals surface area contributed by atoms with E-state index in [1.54, 1.807) is 0 Å². The SMILES string of the molecule is N#CC1(CO)CC12CCNCC2. The number of nitrogens with zero attached hydrogens (tertiary/aromatic N) is 1. The van der Waals surface area contributed by atoms with Crippen LogP contribution in [0.15, 0.2) is 0 Å². The Bertz CT molecular complexity index is 227. The van der Waals surface area contributed by atoms with Crippen molar-refractivity contribution in [3.8, 4) is 6.07 Å². The van der Waals surface area contributed by atoms with Crippen molar-refractivity contribution in [2.45, 2.75) is 19.3 Å². The molecule has 0 radical (unpaired) electrons. The quantitative estimate of drug-likeness (QED) is 0.587. The van der Waals surface area contributed by atoms with Crippen LogP contribution in [-0.4, -0.2) is 24.8 Å². The van der Waals surface area contributed by atoms with Gasteiger partial charge in [-0.1, -0.05) is 0 Å². The molecule has 0 aromatic rings. The molecule has 0 aromatic heterocycles. The number of aliphatic hydroxyl groups is 1. The zero-order chi connectivity index (χ0) is 8.66. The molecule has 0 bridgehead atoms. The largest absolute Gasteiger partial charge is 0.395 e. The molecule has 1 spiro atoms. The van der Waals surface area contributed by atoms with Gasteiger partial charge < -0.3 is 10.4 Å². The maximum atomic E-state index is 9.13. The summed E-state index contributed by atoms with van der Waals surface area (Å²) in [7, 11) is 0. The summed E-state index contributed by atoms with van der Waals surface area (Å²) in [5.41, 5.74) is -0.211. The Labute approximate surface area is 72.4 Å². The Hall–Kier alpha value is -0.590. The van der Waals surface area contributed by atoms with Crippen LogP contribution in [0.25, 0.3) is 0 Å². The predicted molar refractivity (Wildman–Crippen MR) is 44.3 cm³/mol. The molecule has 2 aliphatic rings. The van der Waals surface area contributed by atoms with Gasteiger partial charge in [-0.3, -0.25) is 0 Å². The Morgan fingerprint density at radius 1 is 1.42 bits per heavy atom. The summed E-state index contributed by atoms with van der Waals surface area (Å²) >= 11 is 0. The second-order valence-corrected chi connectivity index (χ2v) is 4.06.